The minimum atomic E-state index is -0.0856. The fourth-order valence-electron chi connectivity index (χ4n) is 2.08. The van der Waals surface area contributed by atoms with Gasteiger partial charge in [-0.25, -0.2) is 5.10 Å². The van der Waals surface area contributed by atoms with Crippen molar-refractivity contribution in [2.75, 3.05) is 0 Å². The molecule has 1 aromatic heterocycles. The molecular weight excluding hydrogens is 206 g/mol. The lowest BCUT2D eigenvalue weighted by Crippen LogP contribution is -2.27. The largest absolute Gasteiger partial charge is 0.351 e. The Morgan fingerprint density at radius 1 is 1.38 bits per heavy atom. The lowest BCUT2D eigenvalue weighted by Gasteiger charge is -2.17. The van der Waals surface area contributed by atoms with Crippen LogP contribution in [0.2, 0.25) is 0 Å². The Balaban J connectivity index is 2.31. The molecule has 1 aromatic rings. The van der Waals surface area contributed by atoms with Crippen LogP contribution in [-0.2, 0) is 24.2 Å². The molecule has 86 valence electrons. The number of H-pyrrole nitrogens is 1. The van der Waals surface area contributed by atoms with E-state index in [1.54, 1.807) is 0 Å². The molecule has 1 amide bonds. The highest BCUT2D eigenvalue weighted by Gasteiger charge is 2.17. The maximum absolute atomic E-state index is 11.5. The van der Waals surface area contributed by atoms with Crippen molar-refractivity contribution in [3.8, 4) is 0 Å². The number of rotatable bonds is 2. The van der Waals surface area contributed by atoms with Gasteiger partial charge in [-0.3, -0.25) is 9.59 Å². The quantitative estimate of drug-likeness (QED) is 0.753. The molecule has 2 rings (SSSR count). The molecule has 0 radical (unpaired) electrons. The molecule has 2 N–H and O–H groups in total. The zero-order chi connectivity index (χ0) is 11.5. The Hall–Kier alpha value is -1.65. The number of fused-ring (bicyclic) bond motifs is 1. The van der Waals surface area contributed by atoms with Gasteiger partial charge in [-0.1, -0.05) is 0 Å². The van der Waals surface area contributed by atoms with Gasteiger partial charge < -0.3 is 5.32 Å². The Morgan fingerprint density at radius 3 is 2.75 bits per heavy atom. The second-order valence-electron chi connectivity index (χ2n) is 4.07. The van der Waals surface area contributed by atoms with E-state index in [4.69, 9.17) is 0 Å². The summed E-state index contributed by atoms with van der Waals surface area (Å²) < 4.78 is 0. The molecule has 1 heterocycles. The third-order valence-electron chi connectivity index (χ3n) is 2.89. The number of carbonyl (C=O) groups is 1. The number of carbonyl (C=O) groups excluding carboxylic acids is 1. The average molecular weight is 221 g/mol. The van der Waals surface area contributed by atoms with E-state index in [1.807, 2.05) is 0 Å². The highest BCUT2D eigenvalue weighted by molar-refractivity contribution is 5.72. The van der Waals surface area contributed by atoms with Gasteiger partial charge in [-0.2, -0.15) is 5.10 Å². The molecule has 0 aliphatic heterocycles. The highest BCUT2D eigenvalue weighted by atomic mass is 16.1. The lowest BCUT2D eigenvalue weighted by molar-refractivity contribution is -0.119. The molecule has 0 aromatic carbocycles. The SMILES string of the molecule is CC(=O)NCc1n[nH]c(=O)c2c1CCCC2. The Kier molecular flexibility index (Phi) is 3.03. The van der Waals surface area contributed by atoms with Gasteiger partial charge in [0.1, 0.15) is 0 Å². The van der Waals surface area contributed by atoms with Gasteiger partial charge in [0.25, 0.3) is 5.56 Å². The van der Waals surface area contributed by atoms with E-state index in [1.165, 1.54) is 6.92 Å². The molecule has 0 saturated heterocycles. The molecule has 5 heteroatoms. The topological polar surface area (TPSA) is 74.8 Å². The number of aromatic nitrogens is 2. The maximum atomic E-state index is 11.5. The third kappa shape index (κ3) is 2.13. The first-order valence-electron chi connectivity index (χ1n) is 5.52. The number of amides is 1. The molecule has 0 fully saturated rings. The summed E-state index contributed by atoms with van der Waals surface area (Å²) in [7, 11) is 0. The van der Waals surface area contributed by atoms with Crippen molar-refractivity contribution in [3.05, 3.63) is 27.2 Å². The molecule has 1 aliphatic rings. The number of nitrogens with one attached hydrogen (secondary N) is 2. The first kappa shape index (κ1) is 10.9. The van der Waals surface area contributed by atoms with Crippen LogP contribution < -0.4 is 10.9 Å². The molecule has 16 heavy (non-hydrogen) atoms. The van der Waals surface area contributed by atoms with E-state index < -0.39 is 0 Å². The fourth-order valence-corrected chi connectivity index (χ4v) is 2.08. The van der Waals surface area contributed by atoms with Crippen LogP contribution in [0.3, 0.4) is 0 Å². The number of nitrogens with zero attached hydrogens (tertiary/aromatic N) is 1. The number of aromatic amines is 1. The normalized spacial score (nSPS) is 14.3. The minimum Gasteiger partial charge on any atom is -0.351 e. The van der Waals surface area contributed by atoms with Crippen molar-refractivity contribution in [2.45, 2.75) is 39.2 Å². The molecule has 0 saturated carbocycles. The van der Waals surface area contributed by atoms with E-state index in [-0.39, 0.29) is 11.5 Å². The first-order valence-corrected chi connectivity index (χ1v) is 5.52. The lowest BCUT2D eigenvalue weighted by atomic mass is 9.92. The van der Waals surface area contributed by atoms with Crippen molar-refractivity contribution in [2.24, 2.45) is 0 Å². The van der Waals surface area contributed by atoms with Gasteiger partial charge in [-0.05, 0) is 31.2 Å². The third-order valence-corrected chi connectivity index (χ3v) is 2.89. The van der Waals surface area contributed by atoms with Crippen LogP contribution in [0, 0.1) is 0 Å². The van der Waals surface area contributed by atoms with Crippen LogP contribution in [-0.4, -0.2) is 16.1 Å². The minimum absolute atomic E-state index is 0.0822. The summed E-state index contributed by atoms with van der Waals surface area (Å²) in [6, 6.07) is 0. The summed E-state index contributed by atoms with van der Waals surface area (Å²) in [5.74, 6) is -0.0856. The predicted molar refractivity (Wildman–Crippen MR) is 59.0 cm³/mol. The van der Waals surface area contributed by atoms with Gasteiger partial charge in [0.2, 0.25) is 5.91 Å². The summed E-state index contributed by atoms with van der Waals surface area (Å²) >= 11 is 0. The van der Waals surface area contributed by atoms with Crippen molar-refractivity contribution in [1.82, 2.24) is 15.5 Å². The van der Waals surface area contributed by atoms with Gasteiger partial charge in [0.05, 0.1) is 12.2 Å². The van der Waals surface area contributed by atoms with Crippen LogP contribution in [0.15, 0.2) is 4.79 Å². The molecular formula is C11H15N3O2. The standard InChI is InChI=1S/C11H15N3O2/c1-7(15)12-6-10-8-4-2-3-5-9(8)11(16)14-13-10/h2-6H2,1H3,(H,12,15)(H,14,16). The van der Waals surface area contributed by atoms with Crippen LogP contribution in [0.5, 0.6) is 0 Å². The molecule has 1 aliphatic carbocycles. The summed E-state index contributed by atoms with van der Waals surface area (Å²) in [6.07, 6.45) is 3.85. The van der Waals surface area contributed by atoms with E-state index in [0.717, 1.165) is 42.5 Å². The van der Waals surface area contributed by atoms with E-state index in [2.05, 4.69) is 15.5 Å². The van der Waals surface area contributed by atoms with Crippen LogP contribution in [0.4, 0.5) is 0 Å². The highest BCUT2D eigenvalue weighted by Crippen LogP contribution is 2.19. The molecule has 0 atom stereocenters. The zero-order valence-electron chi connectivity index (χ0n) is 9.30. The van der Waals surface area contributed by atoms with Crippen LogP contribution in [0.25, 0.3) is 0 Å². The van der Waals surface area contributed by atoms with Gasteiger partial charge >= 0.3 is 0 Å². The second kappa shape index (κ2) is 4.47. The monoisotopic (exact) mass is 221 g/mol. The van der Waals surface area contributed by atoms with Crippen molar-refractivity contribution in [1.29, 1.82) is 0 Å². The predicted octanol–water partition coefficient (Wildman–Crippen LogP) is 0.285. The second-order valence-corrected chi connectivity index (χ2v) is 4.07. The van der Waals surface area contributed by atoms with E-state index >= 15 is 0 Å². The smallest absolute Gasteiger partial charge is 0.267 e. The molecule has 5 nitrogen and oxygen atoms in total. The molecule has 0 unspecified atom stereocenters. The van der Waals surface area contributed by atoms with Gasteiger partial charge in [-0.15, -0.1) is 0 Å². The maximum Gasteiger partial charge on any atom is 0.267 e. The number of hydrogen-bond donors (Lipinski definition) is 2. The number of hydrogen-bond acceptors (Lipinski definition) is 3. The molecule has 0 spiro atoms. The van der Waals surface area contributed by atoms with E-state index in [0.29, 0.717) is 6.54 Å². The Labute approximate surface area is 93.3 Å². The van der Waals surface area contributed by atoms with Crippen molar-refractivity contribution >= 4 is 5.91 Å². The van der Waals surface area contributed by atoms with Gasteiger partial charge in [0, 0.05) is 12.5 Å². The zero-order valence-corrected chi connectivity index (χ0v) is 9.30. The summed E-state index contributed by atoms with van der Waals surface area (Å²) in [5.41, 5.74) is 2.59. The van der Waals surface area contributed by atoms with Crippen molar-refractivity contribution < 1.29 is 4.79 Å². The van der Waals surface area contributed by atoms with Crippen LogP contribution in [0.1, 0.15) is 36.6 Å². The van der Waals surface area contributed by atoms with E-state index in [9.17, 15) is 9.59 Å². The summed E-state index contributed by atoms with van der Waals surface area (Å²) in [5, 5.41) is 9.21. The van der Waals surface area contributed by atoms with Crippen LogP contribution >= 0.6 is 0 Å². The average Bonchev–Trinajstić information content (AvgIpc) is 2.28. The van der Waals surface area contributed by atoms with Gasteiger partial charge in [0.15, 0.2) is 0 Å². The first-order chi connectivity index (χ1) is 7.68. The Morgan fingerprint density at radius 2 is 2.06 bits per heavy atom. The molecule has 0 bridgehead atoms. The summed E-state index contributed by atoms with van der Waals surface area (Å²) in [4.78, 5) is 22.4. The Bertz CT molecular complexity index is 465. The van der Waals surface area contributed by atoms with Crippen molar-refractivity contribution in [3.63, 3.8) is 0 Å². The fraction of sp³-hybridized carbons (Fsp3) is 0.545. The summed E-state index contributed by atoms with van der Waals surface area (Å²) in [6.45, 7) is 1.87.